The second-order valence-corrected chi connectivity index (χ2v) is 6.74. The van der Waals surface area contributed by atoms with E-state index in [1.165, 1.54) is 6.92 Å². The van der Waals surface area contributed by atoms with Crippen LogP contribution in [0.2, 0.25) is 0 Å². The Hall–Kier alpha value is -0.660. The van der Waals surface area contributed by atoms with Crippen molar-refractivity contribution >= 4 is 21.7 Å². The number of halogens is 1. The van der Waals surface area contributed by atoms with Crippen LogP contribution in [0.5, 0.6) is 0 Å². The van der Waals surface area contributed by atoms with Crippen molar-refractivity contribution in [3.63, 3.8) is 0 Å². The Balaban J connectivity index is 2.14. The summed E-state index contributed by atoms with van der Waals surface area (Å²) in [5, 5.41) is 9.52. The molecule has 17 heavy (non-hydrogen) atoms. The number of hydrogen-bond acceptors (Lipinski definition) is 3. The lowest BCUT2D eigenvalue weighted by atomic mass is 9.71. The highest BCUT2D eigenvalue weighted by Gasteiger charge is 2.69. The molecule has 4 bridgehead atoms. The largest absolute Gasteiger partial charge is 0.366 e. The van der Waals surface area contributed by atoms with Crippen LogP contribution in [0.15, 0.2) is 11.6 Å². The second-order valence-electron chi connectivity index (χ2n) is 5.69. The first-order valence-electron chi connectivity index (χ1n) is 5.88. The number of rotatable bonds is 1. The maximum absolute atomic E-state index is 11.3. The minimum atomic E-state index is -0.460. The van der Waals surface area contributed by atoms with Gasteiger partial charge in [0.1, 0.15) is 0 Å². The van der Waals surface area contributed by atoms with Crippen molar-refractivity contribution in [2.45, 2.75) is 43.2 Å². The number of hydrogen-bond donors (Lipinski definition) is 0. The molecular formula is C13H14BrNO2. The summed E-state index contributed by atoms with van der Waals surface area (Å²) < 4.78 is 6.07. The maximum atomic E-state index is 11.3. The predicted molar refractivity (Wildman–Crippen MR) is 65.5 cm³/mol. The van der Waals surface area contributed by atoms with Gasteiger partial charge in [0, 0.05) is 5.92 Å². The average Bonchev–Trinajstić information content (AvgIpc) is 2.61. The van der Waals surface area contributed by atoms with Gasteiger partial charge in [-0.05, 0) is 38.3 Å². The zero-order valence-electron chi connectivity index (χ0n) is 9.87. The molecule has 0 N–H and O–H groups in total. The van der Waals surface area contributed by atoms with Gasteiger partial charge in [-0.3, -0.25) is 4.79 Å². The van der Waals surface area contributed by atoms with Crippen molar-refractivity contribution in [2.75, 3.05) is 0 Å². The van der Waals surface area contributed by atoms with Crippen LogP contribution in [-0.2, 0) is 9.53 Å². The Kier molecular flexibility index (Phi) is 2.16. The average molecular weight is 296 g/mol. The Morgan fingerprint density at radius 1 is 1.71 bits per heavy atom. The first-order chi connectivity index (χ1) is 7.92. The number of nitrogens with zero attached hydrogens (tertiary/aromatic N) is 1. The lowest BCUT2D eigenvalue weighted by molar-refractivity contribution is -0.113. The molecule has 2 aliphatic heterocycles. The Bertz CT molecular complexity index is 480. The minimum absolute atomic E-state index is 0.00289. The summed E-state index contributed by atoms with van der Waals surface area (Å²) in [7, 11) is 0. The lowest BCUT2D eigenvalue weighted by Gasteiger charge is -2.39. The molecule has 0 aromatic carbocycles. The van der Waals surface area contributed by atoms with Crippen molar-refractivity contribution in [3.8, 4) is 6.07 Å². The molecule has 4 fully saturated rings. The van der Waals surface area contributed by atoms with Crippen molar-refractivity contribution in [1.29, 1.82) is 5.26 Å². The molecule has 0 spiro atoms. The van der Waals surface area contributed by atoms with Gasteiger partial charge in [0.05, 0.1) is 28.0 Å². The van der Waals surface area contributed by atoms with Gasteiger partial charge in [-0.25, -0.2) is 0 Å². The van der Waals surface area contributed by atoms with E-state index in [9.17, 15) is 10.1 Å². The summed E-state index contributed by atoms with van der Waals surface area (Å²) in [6, 6.07) is 2.45. The van der Waals surface area contributed by atoms with Crippen LogP contribution in [0.4, 0.5) is 0 Å². The van der Waals surface area contributed by atoms with Crippen LogP contribution < -0.4 is 0 Å². The molecule has 0 aromatic heterocycles. The van der Waals surface area contributed by atoms with Crippen molar-refractivity contribution < 1.29 is 9.53 Å². The number of ether oxygens (including phenoxy) is 1. The normalized spacial score (nSPS) is 53.1. The SMILES string of the molecule is CC(=O)/C=C1\C2OC3(C)CC1(C#N)CC3[C@@H]2Br. The van der Waals surface area contributed by atoms with E-state index >= 15 is 0 Å². The number of ketones is 1. The van der Waals surface area contributed by atoms with Gasteiger partial charge in [0.2, 0.25) is 0 Å². The highest BCUT2D eigenvalue weighted by Crippen LogP contribution is 2.67. The van der Waals surface area contributed by atoms with E-state index in [0.717, 1.165) is 18.4 Å². The number of nitriles is 1. The summed E-state index contributed by atoms with van der Waals surface area (Å²) in [6.45, 7) is 3.62. The molecular weight excluding hydrogens is 282 g/mol. The van der Waals surface area contributed by atoms with Crippen molar-refractivity contribution in [3.05, 3.63) is 11.6 Å². The van der Waals surface area contributed by atoms with E-state index in [-0.39, 0.29) is 22.3 Å². The van der Waals surface area contributed by atoms with Gasteiger partial charge in [0.25, 0.3) is 0 Å². The second kappa shape index (κ2) is 3.21. The number of carbonyl (C=O) groups excluding carboxylic acids is 1. The van der Waals surface area contributed by atoms with Crippen molar-refractivity contribution in [2.24, 2.45) is 11.3 Å². The number of carbonyl (C=O) groups is 1. The zero-order chi connectivity index (χ0) is 12.4. The molecule has 0 radical (unpaired) electrons. The fraction of sp³-hybridized carbons (Fsp3) is 0.692. The fourth-order valence-electron chi connectivity index (χ4n) is 3.85. The predicted octanol–water partition coefficient (Wildman–Crippen LogP) is 2.36. The maximum Gasteiger partial charge on any atom is 0.152 e. The number of alkyl halides is 1. The Labute approximate surface area is 109 Å². The van der Waals surface area contributed by atoms with Gasteiger partial charge in [-0.2, -0.15) is 5.26 Å². The molecule has 3 nitrogen and oxygen atoms in total. The third kappa shape index (κ3) is 1.27. The van der Waals surface area contributed by atoms with Crippen LogP contribution in [0.25, 0.3) is 0 Å². The summed E-state index contributed by atoms with van der Waals surface area (Å²) >= 11 is 3.68. The van der Waals surface area contributed by atoms with Crippen LogP contribution in [-0.4, -0.2) is 22.3 Å². The Morgan fingerprint density at radius 2 is 2.41 bits per heavy atom. The van der Waals surface area contributed by atoms with E-state index in [2.05, 4.69) is 28.9 Å². The van der Waals surface area contributed by atoms with E-state index in [4.69, 9.17) is 4.74 Å². The molecule has 90 valence electrons. The van der Waals surface area contributed by atoms with E-state index in [1.54, 1.807) is 6.08 Å². The molecule has 4 rings (SSSR count). The van der Waals surface area contributed by atoms with Crippen LogP contribution >= 0.6 is 15.9 Å². The molecule has 4 unspecified atom stereocenters. The van der Waals surface area contributed by atoms with Crippen molar-refractivity contribution in [1.82, 2.24) is 0 Å². The number of allylic oxidation sites excluding steroid dienone is 1. The van der Waals surface area contributed by atoms with Gasteiger partial charge >= 0.3 is 0 Å². The van der Waals surface area contributed by atoms with Gasteiger partial charge in [-0.15, -0.1) is 0 Å². The monoisotopic (exact) mass is 295 g/mol. The standard InChI is InChI=1S/C13H14BrNO2/c1-7(16)3-8-11-10(14)9-4-13(8,6-15)5-12(9,2)17-11/h3,9-11H,4-5H2,1-2H3/b8-3+/t9?,10-,11?,12?,13?/m0/s1. The summed E-state index contributed by atoms with van der Waals surface area (Å²) in [6.07, 6.45) is 3.05. The highest BCUT2D eigenvalue weighted by atomic mass is 79.9. The smallest absolute Gasteiger partial charge is 0.152 e. The topological polar surface area (TPSA) is 50.1 Å². The summed E-state index contributed by atoms with van der Waals surface area (Å²) in [5.74, 6) is 0.383. The lowest BCUT2D eigenvalue weighted by Crippen LogP contribution is -2.41. The summed E-state index contributed by atoms with van der Waals surface area (Å²) in [5.41, 5.74) is 0.238. The first kappa shape index (κ1) is 11.4. The molecule has 2 aliphatic carbocycles. The van der Waals surface area contributed by atoms with E-state index < -0.39 is 5.41 Å². The van der Waals surface area contributed by atoms with Gasteiger partial charge in [0.15, 0.2) is 5.78 Å². The third-order valence-electron chi connectivity index (χ3n) is 4.51. The van der Waals surface area contributed by atoms with Crippen LogP contribution in [0, 0.1) is 22.7 Å². The van der Waals surface area contributed by atoms with Gasteiger partial charge < -0.3 is 4.74 Å². The van der Waals surface area contributed by atoms with Gasteiger partial charge in [-0.1, -0.05) is 15.9 Å². The van der Waals surface area contributed by atoms with E-state index in [1.807, 2.05) is 0 Å². The fourth-order valence-corrected chi connectivity index (χ4v) is 4.99. The zero-order valence-corrected chi connectivity index (χ0v) is 11.5. The molecule has 2 saturated carbocycles. The molecule has 4 heteroatoms. The third-order valence-corrected chi connectivity index (χ3v) is 5.63. The molecule has 5 atom stereocenters. The van der Waals surface area contributed by atoms with E-state index in [0.29, 0.717) is 5.92 Å². The van der Waals surface area contributed by atoms with Crippen LogP contribution in [0.1, 0.15) is 26.7 Å². The Morgan fingerprint density at radius 3 is 2.94 bits per heavy atom. The molecule has 0 amide bonds. The summed E-state index contributed by atoms with van der Waals surface area (Å²) in [4.78, 5) is 11.6. The minimum Gasteiger partial charge on any atom is -0.366 e. The molecule has 2 saturated heterocycles. The van der Waals surface area contributed by atoms with Crippen LogP contribution in [0.3, 0.4) is 0 Å². The molecule has 2 heterocycles. The molecule has 4 aliphatic rings. The molecule has 0 aromatic rings. The highest BCUT2D eigenvalue weighted by molar-refractivity contribution is 9.09. The first-order valence-corrected chi connectivity index (χ1v) is 6.79. The quantitative estimate of drug-likeness (QED) is 0.551.